The number of hydrogen-bond donors (Lipinski definition) is 1. The molecule has 0 aliphatic rings. The van der Waals surface area contributed by atoms with Gasteiger partial charge in [0.05, 0.1) is 6.42 Å². The van der Waals surface area contributed by atoms with Gasteiger partial charge < -0.3 is 9.73 Å². The van der Waals surface area contributed by atoms with Gasteiger partial charge >= 0.3 is 5.63 Å². The molecule has 1 N–H and O–H groups in total. The fraction of sp³-hybridized carbons (Fsp3) is 0.222. The van der Waals surface area contributed by atoms with E-state index in [1.54, 1.807) is 11.3 Å². The van der Waals surface area contributed by atoms with Crippen LogP contribution < -0.4 is 10.9 Å². The predicted octanol–water partition coefficient (Wildman–Crippen LogP) is 3.33. The summed E-state index contributed by atoms with van der Waals surface area (Å²) >= 11 is 1.56. The molecule has 3 aromatic rings. The molecule has 0 aliphatic heterocycles. The summed E-state index contributed by atoms with van der Waals surface area (Å²) in [7, 11) is 0. The minimum Gasteiger partial charge on any atom is -0.423 e. The van der Waals surface area contributed by atoms with Crippen molar-refractivity contribution in [1.82, 2.24) is 5.32 Å². The van der Waals surface area contributed by atoms with Crippen molar-refractivity contribution in [3.8, 4) is 0 Å². The Hall–Kier alpha value is -2.40. The second-order valence-corrected chi connectivity index (χ2v) is 6.59. The number of amides is 1. The SMILES string of the molecule is Cc1cc2oc(=O)cc(CNC(=O)Cc3cccs3)c2cc1C. The molecule has 0 spiro atoms. The van der Waals surface area contributed by atoms with E-state index in [0.717, 1.165) is 27.0 Å². The number of benzene rings is 1. The quantitative estimate of drug-likeness (QED) is 0.748. The van der Waals surface area contributed by atoms with E-state index >= 15 is 0 Å². The fourth-order valence-corrected chi connectivity index (χ4v) is 3.16. The Balaban J connectivity index is 1.83. The summed E-state index contributed by atoms with van der Waals surface area (Å²) in [6, 6.07) is 9.16. The Bertz CT molecular complexity index is 910. The molecule has 1 amide bonds. The average molecular weight is 327 g/mol. The molecule has 23 heavy (non-hydrogen) atoms. The number of rotatable bonds is 4. The zero-order valence-electron chi connectivity index (χ0n) is 13.0. The highest BCUT2D eigenvalue weighted by atomic mass is 32.1. The smallest absolute Gasteiger partial charge is 0.336 e. The molecule has 0 fully saturated rings. The van der Waals surface area contributed by atoms with Crippen molar-refractivity contribution >= 4 is 28.2 Å². The van der Waals surface area contributed by atoms with Gasteiger partial charge in [0.1, 0.15) is 5.58 Å². The van der Waals surface area contributed by atoms with E-state index in [9.17, 15) is 9.59 Å². The van der Waals surface area contributed by atoms with Gasteiger partial charge in [0.15, 0.2) is 0 Å². The van der Waals surface area contributed by atoms with Crippen molar-refractivity contribution < 1.29 is 9.21 Å². The monoisotopic (exact) mass is 327 g/mol. The standard InChI is InChI=1S/C18H17NO3S/c1-11-6-15-13(8-18(21)22-16(15)7-12(11)2)10-19-17(20)9-14-4-3-5-23-14/h3-8H,9-10H2,1-2H3,(H,19,20). The first kappa shape index (κ1) is 15.5. The summed E-state index contributed by atoms with van der Waals surface area (Å²) in [4.78, 5) is 24.8. The fourth-order valence-electron chi connectivity index (χ4n) is 2.46. The minimum absolute atomic E-state index is 0.0577. The van der Waals surface area contributed by atoms with Crippen LogP contribution in [0.25, 0.3) is 11.0 Å². The third-order valence-corrected chi connectivity index (χ3v) is 4.71. The van der Waals surface area contributed by atoms with Crippen LogP contribution >= 0.6 is 11.3 Å². The van der Waals surface area contributed by atoms with Crippen molar-refractivity contribution in [1.29, 1.82) is 0 Å². The molecule has 2 heterocycles. The summed E-state index contributed by atoms with van der Waals surface area (Å²) in [6.07, 6.45) is 0.356. The van der Waals surface area contributed by atoms with E-state index < -0.39 is 5.63 Å². The van der Waals surface area contributed by atoms with Crippen LogP contribution in [0.2, 0.25) is 0 Å². The van der Waals surface area contributed by atoms with Gasteiger partial charge in [-0.25, -0.2) is 4.79 Å². The number of carbonyl (C=O) groups excluding carboxylic acids is 1. The summed E-state index contributed by atoms with van der Waals surface area (Å²) in [5.41, 5.74) is 3.13. The lowest BCUT2D eigenvalue weighted by Crippen LogP contribution is -2.24. The van der Waals surface area contributed by atoms with Gasteiger partial charge in [-0.2, -0.15) is 0 Å². The molecular weight excluding hydrogens is 310 g/mol. The third kappa shape index (κ3) is 3.51. The first-order valence-corrected chi connectivity index (χ1v) is 8.24. The molecule has 3 rings (SSSR count). The molecule has 4 nitrogen and oxygen atoms in total. The highest BCUT2D eigenvalue weighted by Crippen LogP contribution is 2.21. The van der Waals surface area contributed by atoms with E-state index in [-0.39, 0.29) is 5.91 Å². The Kier molecular flexibility index (Phi) is 4.30. The van der Waals surface area contributed by atoms with Crippen LogP contribution in [0.1, 0.15) is 21.6 Å². The normalized spacial score (nSPS) is 10.9. The lowest BCUT2D eigenvalue weighted by atomic mass is 10.0. The molecule has 2 aromatic heterocycles. The minimum atomic E-state index is -0.400. The second kappa shape index (κ2) is 6.38. The van der Waals surface area contributed by atoms with Crippen LogP contribution in [0.4, 0.5) is 0 Å². The zero-order chi connectivity index (χ0) is 16.4. The zero-order valence-corrected chi connectivity index (χ0v) is 13.8. The van der Waals surface area contributed by atoms with Gasteiger partial charge in [-0.1, -0.05) is 6.07 Å². The lowest BCUT2D eigenvalue weighted by molar-refractivity contribution is -0.120. The van der Waals surface area contributed by atoms with Crippen LogP contribution in [0, 0.1) is 13.8 Å². The molecule has 5 heteroatoms. The first-order chi connectivity index (χ1) is 11.0. The number of thiophene rings is 1. The molecular formula is C18H17NO3S. The predicted molar refractivity (Wildman–Crippen MR) is 91.8 cm³/mol. The molecule has 0 aliphatic carbocycles. The Morgan fingerprint density at radius 3 is 2.74 bits per heavy atom. The molecule has 0 atom stereocenters. The van der Waals surface area contributed by atoms with E-state index in [4.69, 9.17) is 4.42 Å². The Labute approximate surface area is 137 Å². The van der Waals surface area contributed by atoms with Crippen LogP contribution in [0.15, 0.2) is 44.9 Å². The highest BCUT2D eigenvalue weighted by molar-refractivity contribution is 7.10. The van der Waals surface area contributed by atoms with Crippen molar-refractivity contribution in [2.24, 2.45) is 0 Å². The topological polar surface area (TPSA) is 59.3 Å². The van der Waals surface area contributed by atoms with Crippen molar-refractivity contribution in [3.05, 3.63) is 67.7 Å². The molecule has 0 radical (unpaired) electrons. The lowest BCUT2D eigenvalue weighted by Gasteiger charge is -2.09. The van der Waals surface area contributed by atoms with Crippen molar-refractivity contribution in [2.45, 2.75) is 26.8 Å². The van der Waals surface area contributed by atoms with E-state index in [1.807, 2.05) is 43.5 Å². The van der Waals surface area contributed by atoms with E-state index in [0.29, 0.717) is 18.5 Å². The Morgan fingerprint density at radius 1 is 1.22 bits per heavy atom. The maximum atomic E-state index is 12.0. The number of aryl methyl sites for hydroxylation is 2. The molecule has 1 aromatic carbocycles. The summed E-state index contributed by atoms with van der Waals surface area (Å²) in [6.45, 7) is 4.30. The van der Waals surface area contributed by atoms with Gasteiger partial charge in [-0.05, 0) is 54.1 Å². The number of carbonyl (C=O) groups is 1. The Morgan fingerprint density at radius 2 is 2.00 bits per heavy atom. The van der Waals surface area contributed by atoms with Gasteiger partial charge in [0.25, 0.3) is 0 Å². The summed E-state index contributed by atoms with van der Waals surface area (Å²) < 4.78 is 5.26. The highest BCUT2D eigenvalue weighted by Gasteiger charge is 2.10. The third-order valence-electron chi connectivity index (χ3n) is 3.84. The molecule has 0 saturated carbocycles. The number of fused-ring (bicyclic) bond motifs is 1. The van der Waals surface area contributed by atoms with E-state index in [1.165, 1.54) is 6.07 Å². The van der Waals surface area contributed by atoms with Crippen molar-refractivity contribution in [2.75, 3.05) is 0 Å². The maximum Gasteiger partial charge on any atom is 0.336 e. The summed E-state index contributed by atoms with van der Waals surface area (Å²) in [5, 5.41) is 5.69. The molecule has 118 valence electrons. The van der Waals surface area contributed by atoms with Crippen LogP contribution in [-0.2, 0) is 17.8 Å². The maximum absolute atomic E-state index is 12.0. The van der Waals surface area contributed by atoms with Gasteiger partial charge in [0.2, 0.25) is 5.91 Å². The van der Waals surface area contributed by atoms with Crippen LogP contribution in [0.3, 0.4) is 0 Å². The summed E-state index contributed by atoms with van der Waals surface area (Å²) in [5.74, 6) is -0.0577. The average Bonchev–Trinajstić information content (AvgIpc) is 2.99. The number of hydrogen-bond acceptors (Lipinski definition) is 4. The van der Waals surface area contributed by atoms with Crippen molar-refractivity contribution in [3.63, 3.8) is 0 Å². The molecule has 0 unspecified atom stereocenters. The van der Waals surface area contributed by atoms with Crippen LogP contribution in [-0.4, -0.2) is 5.91 Å². The molecule has 0 bridgehead atoms. The van der Waals surface area contributed by atoms with Gasteiger partial charge in [-0.3, -0.25) is 4.79 Å². The van der Waals surface area contributed by atoms with Crippen LogP contribution in [0.5, 0.6) is 0 Å². The largest absolute Gasteiger partial charge is 0.423 e. The molecule has 0 saturated heterocycles. The second-order valence-electron chi connectivity index (χ2n) is 5.56. The van der Waals surface area contributed by atoms with Gasteiger partial charge in [-0.15, -0.1) is 11.3 Å². The number of nitrogens with one attached hydrogen (secondary N) is 1. The van der Waals surface area contributed by atoms with E-state index in [2.05, 4.69) is 5.32 Å². The van der Waals surface area contributed by atoms with Gasteiger partial charge in [0, 0.05) is 22.9 Å². The first-order valence-electron chi connectivity index (χ1n) is 7.36.